The molecular weight excluding hydrogens is 396 g/mol. The summed E-state index contributed by atoms with van der Waals surface area (Å²) in [4.78, 5) is 17.2. The molecule has 1 N–H and O–H groups in total. The van der Waals surface area contributed by atoms with Crippen molar-refractivity contribution in [1.29, 1.82) is 5.26 Å². The highest BCUT2D eigenvalue weighted by Crippen LogP contribution is 2.45. The Morgan fingerprint density at radius 2 is 1.97 bits per heavy atom. The van der Waals surface area contributed by atoms with Gasteiger partial charge in [-0.1, -0.05) is 26.8 Å². The number of rotatable bonds is 3. The molecule has 0 atom stereocenters. The van der Waals surface area contributed by atoms with Crippen molar-refractivity contribution in [3.05, 3.63) is 76.2 Å². The van der Waals surface area contributed by atoms with Crippen LogP contribution in [0.15, 0.2) is 42.7 Å². The summed E-state index contributed by atoms with van der Waals surface area (Å²) in [6.45, 7) is 10.7. The standard InChI is InChI=1S/C27H26N4O/c1-6-17-10-21-22(11-20(17)18-13-29-31(14-18)15(2)3)27(4,5)26-24(25(21)32)19-8-7-16(12-28)9-23(19)30-26/h7-11,13-15,30H,6H2,1-5H3. The topological polar surface area (TPSA) is 74.5 Å². The molecule has 4 aromatic rings. The van der Waals surface area contributed by atoms with Crippen molar-refractivity contribution in [1.82, 2.24) is 14.8 Å². The molecule has 0 amide bonds. The van der Waals surface area contributed by atoms with Crippen LogP contribution in [0.3, 0.4) is 0 Å². The van der Waals surface area contributed by atoms with E-state index in [1.807, 2.05) is 23.0 Å². The highest BCUT2D eigenvalue weighted by Gasteiger charge is 2.40. The van der Waals surface area contributed by atoms with Crippen LogP contribution in [-0.4, -0.2) is 20.5 Å². The molecule has 5 heteroatoms. The smallest absolute Gasteiger partial charge is 0.195 e. The number of ketones is 1. The molecule has 0 radical (unpaired) electrons. The molecule has 32 heavy (non-hydrogen) atoms. The van der Waals surface area contributed by atoms with E-state index >= 15 is 0 Å². The second-order valence-corrected chi connectivity index (χ2v) is 9.41. The molecule has 0 saturated carbocycles. The Hall–Kier alpha value is -3.65. The third kappa shape index (κ3) is 2.76. The number of fused-ring (bicyclic) bond motifs is 4. The number of nitrogens with one attached hydrogen (secondary N) is 1. The molecule has 0 spiro atoms. The molecule has 2 heterocycles. The molecule has 2 aromatic heterocycles. The van der Waals surface area contributed by atoms with Gasteiger partial charge in [-0.15, -0.1) is 0 Å². The van der Waals surface area contributed by atoms with Crippen molar-refractivity contribution in [2.24, 2.45) is 0 Å². The summed E-state index contributed by atoms with van der Waals surface area (Å²) in [6, 6.07) is 12.2. The first-order chi connectivity index (χ1) is 15.3. The Labute approximate surface area is 187 Å². The Morgan fingerprint density at radius 1 is 1.19 bits per heavy atom. The van der Waals surface area contributed by atoms with E-state index < -0.39 is 0 Å². The van der Waals surface area contributed by atoms with Crippen LogP contribution >= 0.6 is 0 Å². The summed E-state index contributed by atoms with van der Waals surface area (Å²) < 4.78 is 1.97. The van der Waals surface area contributed by atoms with Crippen LogP contribution in [0.4, 0.5) is 0 Å². The van der Waals surface area contributed by atoms with Gasteiger partial charge in [0.1, 0.15) is 0 Å². The zero-order valence-corrected chi connectivity index (χ0v) is 19.1. The third-order valence-corrected chi connectivity index (χ3v) is 6.76. The van der Waals surface area contributed by atoms with E-state index in [1.54, 1.807) is 6.07 Å². The molecule has 5 rings (SSSR count). The molecule has 0 unspecified atom stereocenters. The lowest BCUT2D eigenvalue weighted by Gasteiger charge is -2.33. The average molecular weight is 423 g/mol. The quantitative estimate of drug-likeness (QED) is 0.445. The van der Waals surface area contributed by atoms with Gasteiger partial charge in [-0.2, -0.15) is 10.4 Å². The summed E-state index contributed by atoms with van der Waals surface area (Å²) in [7, 11) is 0. The van der Waals surface area contributed by atoms with E-state index in [2.05, 4.69) is 69.1 Å². The molecule has 5 nitrogen and oxygen atoms in total. The van der Waals surface area contributed by atoms with E-state index in [4.69, 9.17) is 0 Å². The van der Waals surface area contributed by atoms with Gasteiger partial charge < -0.3 is 4.98 Å². The summed E-state index contributed by atoms with van der Waals surface area (Å²) >= 11 is 0. The second kappa shape index (κ2) is 6.93. The number of benzene rings is 2. The summed E-state index contributed by atoms with van der Waals surface area (Å²) in [5, 5.41) is 14.7. The van der Waals surface area contributed by atoms with Gasteiger partial charge in [0.2, 0.25) is 0 Å². The lowest BCUT2D eigenvalue weighted by Crippen LogP contribution is -2.30. The number of hydrogen-bond donors (Lipinski definition) is 1. The van der Waals surface area contributed by atoms with E-state index in [-0.39, 0.29) is 17.2 Å². The van der Waals surface area contributed by atoms with E-state index in [0.717, 1.165) is 56.4 Å². The largest absolute Gasteiger partial charge is 0.357 e. The molecule has 0 saturated heterocycles. The lowest BCUT2D eigenvalue weighted by atomic mass is 9.70. The van der Waals surface area contributed by atoms with E-state index in [0.29, 0.717) is 5.56 Å². The van der Waals surface area contributed by atoms with Crippen LogP contribution in [0.25, 0.3) is 22.0 Å². The Bertz CT molecular complexity index is 1440. The maximum Gasteiger partial charge on any atom is 0.195 e. The zero-order valence-electron chi connectivity index (χ0n) is 19.1. The molecule has 0 aliphatic heterocycles. The van der Waals surface area contributed by atoms with Gasteiger partial charge in [0.05, 0.1) is 23.4 Å². The number of aromatic nitrogens is 3. The van der Waals surface area contributed by atoms with Gasteiger partial charge in [0, 0.05) is 45.4 Å². The Balaban J connectivity index is 1.75. The first-order valence-electron chi connectivity index (χ1n) is 11.1. The number of carbonyl (C=O) groups is 1. The Morgan fingerprint density at radius 3 is 2.62 bits per heavy atom. The van der Waals surface area contributed by atoms with Crippen LogP contribution in [-0.2, 0) is 11.8 Å². The molecular formula is C27H26N4O. The number of nitrogens with zero attached hydrogens (tertiary/aromatic N) is 3. The second-order valence-electron chi connectivity index (χ2n) is 9.41. The predicted octanol–water partition coefficient (Wildman–Crippen LogP) is 5.92. The van der Waals surface area contributed by atoms with Crippen molar-refractivity contribution in [3.63, 3.8) is 0 Å². The predicted molar refractivity (Wildman–Crippen MR) is 126 cm³/mol. The van der Waals surface area contributed by atoms with Gasteiger partial charge in [-0.25, -0.2) is 0 Å². The van der Waals surface area contributed by atoms with Crippen molar-refractivity contribution in [2.75, 3.05) is 0 Å². The molecule has 0 bridgehead atoms. The fourth-order valence-corrected chi connectivity index (χ4v) is 4.91. The first kappa shape index (κ1) is 20.3. The maximum atomic E-state index is 13.7. The van der Waals surface area contributed by atoms with Crippen molar-refractivity contribution >= 4 is 16.7 Å². The summed E-state index contributed by atoms with van der Waals surface area (Å²) in [6.07, 6.45) is 4.83. The van der Waals surface area contributed by atoms with Crippen LogP contribution in [0.2, 0.25) is 0 Å². The number of hydrogen-bond acceptors (Lipinski definition) is 3. The molecule has 2 aromatic carbocycles. The van der Waals surface area contributed by atoms with E-state index in [1.165, 1.54) is 0 Å². The minimum atomic E-state index is -0.389. The van der Waals surface area contributed by atoms with Crippen LogP contribution in [0.1, 0.15) is 79.0 Å². The first-order valence-corrected chi connectivity index (χ1v) is 11.1. The maximum absolute atomic E-state index is 13.7. The highest BCUT2D eigenvalue weighted by atomic mass is 16.1. The molecule has 160 valence electrons. The number of nitriles is 1. The number of aryl methyl sites for hydroxylation is 1. The fraction of sp³-hybridized carbons (Fsp3) is 0.296. The number of carbonyl (C=O) groups excluding carboxylic acids is 1. The average Bonchev–Trinajstić information content (AvgIpc) is 3.42. The summed E-state index contributed by atoms with van der Waals surface area (Å²) in [5.74, 6) is 0.0457. The lowest BCUT2D eigenvalue weighted by molar-refractivity contribution is 0.103. The zero-order chi connectivity index (χ0) is 22.8. The summed E-state index contributed by atoms with van der Waals surface area (Å²) in [5.41, 5.74) is 7.79. The molecule has 1 aliphatic carbocycles. The number of aromatic amines is 1. The van der Waals surface area contributed by atoms with Gasteiger partial charge >= 0.3 is 0 Å². The van der Waals surface area contributed by atoms with E-state index in [9.17, 15) is 10.1 Å². The van der Waals surface area contributed by atoms with Gasteiger partial charge in [-0.3, -0.25) is 9.48 Å². The van der Waals surface area contributed by atoms with Crippen molar-refractivity contribution in [3.8, 4) is 17.2 Å². The monoisotopic (exact) mass is 422 g/mol. The molecule has 0 fully saturated rings. The normalized spacial score (nSPS) is 14.5. The Kier molecular flexibility index (Phi) is 4.39. The minimum Gasteiger partial charge on any atom is -0.357 e. The number of H-pyrrole nitrogens is 1. The van der Waals surface area contributed by atoms with Gasteiger partial charge in [-0.05, 0) is 61.2 Å². The highest BCUT2D eigenvalue weighted by molar-refractivity contribution is 6.20. The van der Waals surface area contributed by atoms with Crippen molar-refractivity contribution in [2.45, 2.75) is 52.5 Å². The van der Waals surface area contributed by atoms with Crippen LogP contribution < -0.4 is 0 Å². The fourth-order valence-electron chi connectivity index (χ4n) is 4.91. The minimum absolute atomic E-state index is 0.0457. The molecule has 1 aliphatic rings. The van der Waals surface area contributed by atoms with Gasteiger partial charge in [0.25, 0.3) is 0 Å². The van der Waals surface area contributed by atoms with Gasteiger partial charge in [0.15, 0.2) is 5.78 Å². The third-order valence-electron chi connectivity index (χ3n) is 6.76. The van der Waals surface area contributed by atoms with Crippen LogP contribution in [0, 0.1) is 11.3 Å². The van der Waals surface area contributed by atoms with Crippen LogP contribution in [0.5, 0.6) is 0 Å². The SMILES string of the molecule is CCc1cc2c(cc1-c1cnn(C(C)C)c1)C(C)(C)c1[nH]c3cc(C#N)ccc3c1C2=O. The van der Waals surface area contributed by atoms with Crippen molar-refractivity contribution < 1.29 is 4.79 Å².